The van der Waals surface area contributed by atoms with Crippen LogP contribution < -0.4 is 0 Å². The Kier molecular flexibility index (Phi) is 4.59. The van der Waals surface area contributed by atoms with Crippen molar-refractivity contribution in [3.63, 3.8) is 0 Å². The van der Waals surface area contributed by atoms with E-state index in [1.807, 2.05) is 42.5 Å². The first kappa shape index (κ1) is 15.7. The van der Waals surface area contributed by atoms with E-state index in [4.69, 9.17) is 5.11 Å². The summed E-state index contributed by atoms with van der Waals surface area (Å²) in [5.74, 6) is -0.00227. The number of carbonyl (C=O) groups excluding carboxylic acids is 1. The number of aldehydes is 1. The fourth-order valence-corrected chi connectivity index (χ4v) is 2.45. The first-order chi connectivity index (χ1) is 10.2. The average Bonchev–Trinajstić information content (AvgIpc) is 2.54. The van der Waals surface area contributed by atoms with Gasteiger partial charge in [0.25, 0.3) is 0 Å². The van der Waals surface area contributed by atoms with E-state index < -0.39 is 0 Å². The maximum Gasteiger partial charge on any atom is 0.154 e. The summed E-state index contributed by atoms with van der Waals surface area (Å²) in [4.78, 5) is 11.1. The Morgan fingerprint density at radius 1 is 0.909 bits per heavy atom. The molecule has 22 heavy (non-hydrogen) atoms. The second-order valence-corrected chi connectivity index (χ2v) is 4.91. The number of aliphatic hydroxyl groups is 1. The number of phenols is 1. The summed E-state index contributed by atoms with van der Waals surface area (Å²) in [6, 6.07) is 16.7. The van der Waals surface area contributed by atoms with Crippen LogP contribution in [-0.2, 0) is 6.61 Å². The highest BCUT2D eigenvalue weighted by molar-refractivity contribution is 6.02. The molecule has 0 saturated carbocycles. The molecule has 112 valence electrons. The molecule has 0 spiro atoms. The van der Waals surface area contributed by atoms with Gasteiger partial charge in [0, 0.05) is 0 Å². The Hall–Kier alpha value is -2.65. The maximum absolute atomic E-state index is 11.1. The molecule has 3 rings (SSSR count). The van der Waals surface area contributed by atoms with Gasteiger partial charge in [-0.05, 0) is 39.6 Å². The van der Waals surface area contributed by atoms with Gasteiger partial charge in [-0.15, -0.1) is 0 Å². The zero-order valence-corrected chi connectivity index (χ0v) is 11.3. The molecule has 0 aromatic heterocycles. The van der Waals surface area contributed by atoms with Crippen molar-refractivity contribution < 1.29 is 15.0 Å². The predicted molar refractivity (Wildman–Crippen MR) is 89.1 cm³/mol. The number of fused-ring (bicyclic) bond motifs is 1. The van der Waals surface area contributed by atoms with Crippen LogP contribution in [0.4, 0.5) is 0 Å². The molecule has 0 radical (unpaired) electrons. The molecule has 0 aliphatic rings. The van der Waals surface area contributed by atoms with Crippen molar-refractivity contribution in [3.05, 3.63) is 65.7 Å². The largest absolute Gasteiger partial charge is 0.507 e. The fourth-order valence-electron chi connectivity index (χ4n) is 2.45. The topological polar surface area (TPSA) is 57.5 Å². The van der Waals surface area contributed by atoms with Crippen LogP contribution in [0, 0.1) is 0 Å². The normalized spacial score (nSPS) is 10.2. The zero-order chi connectivity index (χ0) is 14.8. The van der Waals surface area contributed by atoms with Gasteiger partial charge in [-0.1, -0.05) is 49.9 Å². The van der Waals surface area contributed by atoms with Crippen molar-refractivity contribution in [1.82, 2.24) is 0 Å². The molecule has 3 aromatic rings. The summed E-state index contributed by atoms with van der Waals surface area (Å²) in [6.07, 6.45) is 0.674. The Morgan fingerprint density at radius 3 is 2.23 bits per heavy atom. The summed E-state index contributed by atoms with van der Waals surface area (Å²) in [7, 11) is 0. The molecule has 0 unspecified atom stereocenters. The number of aliphatic hydroxyl groups excluding tert-OH is 1. The summed E-state index contributed by atoms with van der Waals surface area (Å²) in [5, 5.41) is 20.4. The molecular weight excluding hydrogens is 276 g/mol. The third kappa shape index (κ3) is 2.71. The lowest BCUT2D eigenvalue weighted by molar-refractivity contribution is 0.112. The number of aromatic hydroxyl groups is 1. The smallest absolute Gasteiger partial charge is 0.154 e. The highest BCUT2D eigenvalue weighted by Gasteiger charge is 2.07. The lowest BCUT2D eigenvalue weighted by atomic mass is 9.98. The number of benzene rings is 3. The fraction of sp³-hybridized carbons (Fsp3) is 0.105. The van der Waals surface area contributed by atoms with E-state index in [1.165, 1.54) is 6.07 Å². The molecule has 2 N–H and O–H groups in total. The Morgan fingerprint density at radius 2 is 1.59 bits per heavy atom. The number of hydrogen-bond acceptors (Lipinski definition) is 3. The van der Waals surface area contributed by atoms with Gasteiger partial charge in [0.1, 0.15) is 5.75 Å². The standard InChI is InChI=1S/C18H14O3.CH4/c19-10-12-1-3-13(4-2-12)14-5-7-16-15(9-14)6-8-18(21)17(16)11-20;/h1-9,11,19,21H,10H2;1H4. The summed E-state index contributed by atoms with van der Waals surface area (Å²) in [5.41, 5.74) is 3.24. The van der Waals surface area contributed by atoms with Crippen LogP contribution in [0.2, 0.25) is 0 Å². The minimum absolute atomic E-state index is 0. The van der Waals surface area contributed by atoms with Crippen molar-refractivity contribution in [3.8, 4) is 16.9 Å². The predicted octanol–water partition coefficient (Wildman–Crippen LogP) is 4.15. The van der Waals surface area contributed by atoms with E-state index in [0.717, 1.165) is 27.5 Å². The molecule has 0 aliphatic heterocycles. The maximum atomic E-state index is 11.1. The first-order valence-electron chi connectivity index (χ1n) is 6.64. The molecule has 0 saturated heterocycles. The number of hydrogen-bond donors (Lipinski definition) is 2. The molecule has 0 aliphatic carbocycles. The van der Waals surface area contributed by atoms with E-state index in [9.17, 15) is 9.90 Å². The van der Waals surface area contributed by atoms with Gasteiger partial charge in [-0.3, -0.25) is 4.79 Å². The molecule has 0 atom stereocenters. The number of phenolic OH excluding ortho intramolecular Hbond substituents is 1. The van der Waals surface area contributed by atoms with Gasteiger partial charge in [0.05, 0.1) is 12.2 Å². The van der Waals surface area contributed by atoms with Crippen molar-refractivity contribution in [2.75, 3.05) is 0 Å². The monoisotopic (exact) mass is 294 g/mol. The highest BCUT2D eigenvalue weighted by Crippen LogP contribution is 2.30. The molecule has 0 bridgehead atoms. The summed E-state index contributed by atoms with van der Waals surface area (Å²) >= 11 is 0. The molecule has 3 aromatic carbocycles. The van der Waals surface area contributed by atoms with Gasteiger partial charge in [-0.2, -0.15) is 0 Å². The Bertz CT molecular complexity index is 805. The Balaban J connectivity index is 0.00000176. The molecule has 0 amide bonds. The van der Waals surface area contributed by atoms with E-state index in [0.29, 0.717) is 11.8 Å². The van der Waals surface area contributed by atoms with E-state index in [2.05, 4.69) is 0 Å². The highest BCUT2D eigenvalue weighted by atomic mass is 16.3. The van der Waals surface area contributed by atoms with Gasteiger partial charge in [-0.25, -0.2) is 0 Å². The number of carbonyl (C=O) groups is 1. The van der Waals surface area contributed by atoms with Crippen LogP contribution in [-0.4, -0.2) is 16.5 Å². The SMILES string of the molecule is C.O=Cc1c(O)ccc2cc(-c3ccc(CO)cc3)ccc12. The number of rotatable bonds is 3. The van der Waals surface area contributed by atoms with Gasteiger partial charge < -0.3 is 10.2 Å². The second-order valence-electron chi connectivity index (χ2n) is 4.91. The van der Waals surface area contributed by atoms with Crippen LogP contribution in [0.15, 0.2) is 54.6 Å². The van der Waals surface area contributed by atoms with Gasteiger partial charge in [0.2, 0.25) is 0 Å². The third-order valence-corrected chi connectivity index (χ3v) is 3.63. The van der Waals surface area contributed by atoms with Crippen LogP contribution >= 0.6 is 0 Å². The zero-order valence-electron chi connectivity index (χ0n) is 11.3. The molecule has 0 fully saturated rings. The van der Waals surface area contributed by atoms with Crippen LogP contribution in [0.1, 0.15) is 23.3 Å². The van der Waals surface area contributed by atoms with Gasteiger partial charge in [0.15, 0.2) is 6.29 Å². The molecular formula is C19H18O3. The third-order valence-electron chi connectivity index (χ3n) is 3.63. The second kappa shape index (κ2) is 6.41. The van der Waals surface area contributed by atoms with Crippen molar-refractivity contribution in [2.45, 2.75) is 14.0 Å². The average molecular weight is 294 g/mol. The van der Waals surface area contributed by atoms with Crippen molar-refractivity contribution in [1.29, 1.82) is 0 Å². The molecule has 3 heteroatoms. The minimum Gasteiger partial charge on any atom is -0.507 e. The molecule has 0 heterocycles. The van der Waals surface area contributed by atoms with Crippen molar-refractivity contribution >= 4 is 17.1 Å². The first-order valence-corrected chi connectivity index (χ1v) is 6.64. The quantitative estimate of drug-likeness (QED) is 0.713. The van der Waals surface area contributed by atoms with Crippen LogP contribution in [0.3, 0.4) is 0 Å². The van der Waals surface area contributed by atoms with Gasteiger partial charge >= 0.3 is 0 Å². The van der Waals surface area contributed by atoms with Crippen LogP contribution in [0.5, 0.6) is 5.75 Å². The van der Waals surface area contributed by atoms with E-state index in [-0.39, 0.29) is 19.8 Å². The van der Waals surface area contributed by atoms with E-state index in [1.54, 1.807) is 6.07 Å². The Labute approximate surface area is 129 Å². The summed E-state index contributed by atoms with van der Waals surface area (Å²) < 4.78 is 0. The summed E-state index contributed by atoms with van der Waals surface area (Å²) in [6.45, 7) is 0.0277. The molecule has 3 nitrogen and oxygen atoms in total. The lowest BCUT2D eigenvalue weighted by Gasteiger charge is -2.07. The van der Waals surface area contributed by atoms with E-state index >= 15 is 0 Å². The lowest BCUT2D eigenvalue weighted by Crippen LogP contribution is -1.87. The minimum atomic E-state index is -0.00227. The van der Waals surface area contributed by atoms with Crippen molar-refractivity contribution in [2.24, 2.45) is 0 Å². The van der Waals surface area contributed by atoms with Crippen LogP contribution in [0.25, 0.3) is 21.9 Å².